The number of carboxylic acids is 1. The topological polar surface area (TPSA) is 59.0 Å². The van der Waals surface area contributed by atoms with Gasteiger partial charge in [-0.05, 0) is 0 Å². The summed E-state index contributed by atoms with van der Waals surface area (Å²) in [5.74, 6) is -0.276. The molecule has 2 heterocycles. The van der Waals surface area contributed by atoms with E-state index in [1.165, 1.54) is 0 Å². The molecule has 2 fully saturated rings. The summed E-state index contributed by atoms with van der Waals surface area (Å²) in [6, 6.07) is 0. The molecule has 1 N–H and O–H groups in total. The lowest BCUT2D eigenvalue weighted by Gasteiger charge is -2.36. The molecule has 1 atom stereocenters. The number of nitrogens with zero attached hydrogens (tertiary/aromatic N) is 1. The minimum absolute atomic E-state index is 0.506. The average molecular weight is 201 g/mol. The molecule has 14 heavy (non-hydrogen) atoms. The van der Waals surface area contributed by atoms with Crippen molar-refractivity contribution in [3.8, 4) is 0 Å². The third-order valence-electron chi connectivity index (χ3n) is 2.65. The number of carboxylic acid groups (broad SMARTS) is 1. The van der Waals surface area contributed by atoms with E-state index in [-0.39, 0.29) is 0 Å². The summed E-state index contributed by atoms with van der Waals surface area (Å²) < 4.78 is 10.2. The molecule has 2 aliphatic rings. The van der Waals surface area contributed by atoms with Gasteiger partial charge >= 0.3 is 5.97 Å². The van der Waals surface area contributed by atoms with Crippen molar-refractivity contribution < 1.29 is 19.4 Å². The standard InChI is InChI=1S/C9H15NO4/c11-9(12)8-4-10(1-2-14-8)3-7-5-13-6-7/h7-8H,1-6H2,(H,11,12). The van der Waals surface area contributed by atoms with Crippen LogP contribution in [0.25, 0.3) is 0 Å². The number of ether oxygens (including phenoxy) is 2. The lowest BCUT2D eigenvalue weighted by Crippen LogP contribution is -2.49. The quantitative estimate of drug-likeness (QED) is 0.662. The van der Waals surface area contributed by atoms with Crippen molar-refractivity contribution in [2.45, 2.75) is 6.10 Å². The highest BCUT2D eigenvalue weighted by Gasteiger charge is 2.29. The number of morpholine rings is 1. The molecule has 2 aliphatic heterocycles. The maximum absolute atomic E-state index is 10.7. The van der Waals surface area contributed by atoms with E-state index in [0.717, 1.165) is 26.3 Å². The van der Waals surface area contributed by atoms with Crippen molar-refractivity contribution in [1.29, 1.82) is 0 Å². The zero-order valence-corrected chi connectivity index (χ0v) is 8.02. The largest absolute Gasteiger partial charge is 0.479 e. The lowest BCUT2D eigenvalue weighted by molar-refractivity contribution is -0.157. The van der Waals surface area contributed by atoms with Gasteiger partial charge in [-0.1, -0.05) is 0 Å². The van der Waals surface area contributed by atoms with Gasteiger partial charge in [0.1, 0.15) is 0 Å². The van der Waals surface area contributed by atoms with Crippen LogP contribution in [0.5, 0.6) is 0 Å². The third kappa shape index (κ3) is 2.23. The summed E-state index contributed by atoms with van der Waals surface area (Å²) in [4.78, 5) is 12.8. The van der Waals surface area contributed by atoms with Gasteiger partial charge in [0.25, 0.3) is 0 Å². The van der Waals surface area contributed by atoms with Crippen LogP contribution in [0.15, 0.2) is 0 Å². The molecule has 80 valence electrons. The molecule has 0 aromatic heterocycles. The highest BCUT2D eigenvalue weighted by molar-refractivity contribution is 5.72. The van der Waals surface area contributed by atoms with Gasteiger partial charge < -0.3 is 14.6 Å². The molecule has 2 rings (SSSR count). The van der Waals surface area contributed by atoms with E-state index >= 15 is 0 Å². The Hall–Kier alpha value is -0.650. The Kier molecular flexibility index (Phi) is 3.00. The van der Waals surface area contributed by atoms with Crippen LogP contribution in [0.4, 0.5) is 0 Å². The van der Waals surface area contributed by atoms with Crippen molar-refractivity contribution >= 4 is 5.97 Å². The Labute approximate surface area is 82.6 Å². The molecule has 5 heteroatoms. The highest BCUT2D eigenvalue weighted by atomic mass is 16.5. The Morgan fingerprint density at radius 1 is 1.50 bits per heavy atom. The summed E-state index contributed by atoms with van der Waals surface area (Å²) in [6.07, 6.45) is -0.648. The van der Waals surface area contributed by atoms with E-state index in [4.69, 9.17) is 14.6 Å². The summed E-state index contributed by atoms with van der Waals surface area (Å²) in [6.45, 7) is 4.42. The number of hydrogen-bond acceptors (Lipinski definition) is 4. The second-order valence-corrected chi connectivity index (χ2v) is 3.86. The van der Waals surface area contributed by atoms with Gasteiger partial charge in [-0.15, -0.1) is 0 Å². The van der Waals surface area contributed by atoms with Crippen LogP contribution in [0.2, 0.25) is 0 Å². The molecular weight excluding hydrogens is 186 g/mol. The van der Waals surface area contributed by atoms with Gasteiger partial charge in [-0.3, -0.25) is 4.90 Å². The predicted molar refractivity (Wildman–Crippen MR) is 48.1 cm³/mol. The van der Waals surface area contributed by atoms with E-state index in [1.807, 2.05) is 0 Å². The SMILES string of the molecule is O=C(O)C1CN(CC2COC2)CCO1. The molecule has 2 saturated heterocycles. The van der Waals surface area contributed by atoms with Crippen LogP contribution < -0.4 is 0 Å². The summed E-state index contributed by atoms with van der Waals surface area (Å²) in [5.41, 5.74) is 0. The Bertz CT molecular complexity index is 217. The van der Waals surface area contributed by atoms with Crippen LogP contribution in [-0.2, 0) is 14.3 Å². The maximum atomic E-state index is 10.7. The molecule has 0 saturated carbocycles. The van der Waals surface area contributed by atoms with Gasteiger partial charge in [0.2, 0.25) is 0 Å². The van der Waals surface area contributed by atoms with Crippen molar-refractivity contribution in [3.05, 3.63) is 0 Å². The summed E-state index contributed by atoms with van der Waals surface area (Å²) >= 11 is 0. The number of rotatable bonds is 3. The van der Waals surface area contributed by atoms with E-state index in [9.17, 15) is 4.79 Å². The zero-order chi connectivity index (χ0) is 9.97. The number of carbonyl (C=O) groups is 1. The minimum atomic E-state index is -0.862. The normalized spacial score (nSPS) is 29.9. The molecule has 0 aromatic carbocycles. The fourth-order valence-corrected chi connectivity index (χ4v) is 1.77. The zero-order valence-electron chi connectivity index (χ0n) is 8.02. The molecular formula is C9H15NO4. The first-order valence-electron chi connectivity index (χ1n) is 4.90. The van der Waals surface area contributed by atoms with Gasteiger partial charge in [0.05, 0.1) is 19.8 Å². The van der Waals surface area contributed by atoms with Gasteiger partial charge in [0.15, 0.2) is 6.10 Å². The van der Waals surface area contributed by atoms with Gasteiger partial charge in [-0.2, -0.15) is 0 Å². The van der Waals surface area contributed by atoms with Crippen molar-refractivity contribution in [1.82, 2.24) is 4.90 Å². The third-order valence-corrected chi connectivity index (χ3v) is 2.65. The molecule has 0 radical (unpaired) electrons. The number of hydrogen-bond donors (Lipinski definition) is 1. The summed E-state index contributed by atoms with van der Waals surface area (Å²) in [7, 11) is 0. The highest BCUT2D eigenvalue weighted by Crippen LogP contribution is 2.14. The molecule has 0 aromatic rings. The Balaban J connectivity index is 1.78. The van der Waals surface area contributed by atoms with Crippen molar-refractivity contribution in [2.75, 3.05) is 39.5 Å². The lowest BCUT2D eigenvalue weighted by atomic mass is 10.1. The van der Waals surface area contributed by atoms with Crippen LogP contribution in [0.1, 0.15) is 0 Å². The Morgan fingerprint density at radius 2 is 2.29 bits per heavy atom. The molecule has 0 aliphatic carbocycles. The second kappa shape index (κ2) is 4.25. The maximum Gasteiger partial charge on any atom is 0.334 e. The number of aliphatic carboxylic acids is 1. The first-order valence-corrected chi connectivity index (χ1v) is 4.90. The molecule has 1 unspecified atom stereocenters. The molecule has 0 bridgehead atoms. The van der Waals surface area contributed by atoms with E-state index in [1.54, 1.807) is 0 Å². The van der Waals surface area contributed by atoms with Crippen LogP contribution in [0.3, 0.4) is 0 Å². The summed E-state index contributed by atoms with van der Waals surface area (Å²) in [5, 5.41) is 8.78. The predicted octanol–water partition coefficient (Wildman–Crippen LogP) is -0.582. The molecule has 0 amide bonds. The smallest absolute Gasteiger partial charge is 0.334 e. The second-order valence-electron chi connectivity index (χ2n) is 3.86. The van der Waals surface area contributed by atoms with E-state index in [0.29, 0.717) is 19.1 Å². The Morgan fingerprint density at radius 3 is 2.86 bits per heavy atom. The molecule has 0 spiro atoms. The molecule has 5 nitrogen and oxygen atoms in total. The average Bonchev–Trinajstić information content (AvgIpc) is 2.12. The van der Waals surface area contributed by atoms with Gasteiger partial charge in [-0.25, -0.2) is 4.79 Å². The van der Waals surface area contributed by atoms with E-state index in [2.05, 4.69) is 4.90 Å². The first kappa shape index (κ1) is 9.89. The van der Waals surface area contributed by atoms with Crippen LogP contribution in [0, 0.1) is 5.92 Å². The van der Waals surface area contributed by atoms with Crippen molar-refractivity contribution in [3.63, 3.8) is 0 Å². The first-order chi connectivity index (χ1) is 6.75. The van der Waals surface area contributed by atoms with Gasteiger partial charge in [0, 0.05) is 25.6 Å². The van der Waals surface area contributed by atoms with Crippen LogP contribution >= 0.6 is 0 Å². The van der Waals surface area contributed by atoms with Crippen molar-refractivity contribution in [2.24, 2.45) is 5.92 Å². The fraction of sp³-hybridized carbons (Fsp3) is 0.889. The van der Waals surface area contributed by atoms with Crippen LogP contribution in [-0.4, -0.2) is 61.5 Å². The monoisotopic (exact) mass is 201 g/mol. The van der Waals surface area contributed by atoms with E-state index < -0.39 is 12.1 Å². The minimum Gasteiger partial charge on any atom is -0.479 e. The fourth-order valence-electron chi connectivity index (χ4n) is 1.77.